The highest BCUT2D eigenvalue weighted by Crippen LogP contribution is 2.38. The van der Waals surface area contributed by atoms with E-state index in [0.717, 1.165) is 16.5 Å². The van der Waals surface area contributed by atoms with Crippen molar-refractivity contribution in [1.82, 2.24) is 15.1 Å². The Kier molecular flexibility index (Phi) is 4.64. The van der Waals surface area contributed by atoms with Gasteiger partial charge in [0.25, 0.3) is 0 Å². The average Bonchev–Trinajstić information content (AvgIpc) is 3.04. The Morgan fingerprint density at radius 3 is 2.90 bits per heavy atom. The molecule has 1 N–H and O–H groups in total. The highest BCUT2D eigenvalue weighted by Gasteiger charge is 2.25. The predicted molar refractivity (Wildman–Crippen MR) is 92.7 cm³/mol. The Morgan fingerprint density at radius 2 is 2.24 bits per heavy atom. The second kappa shape index (κ2) is 6.32. The molecule has 3 rings (SSSR count). The van der Waals surface area contributed by atoms with Crippen LogP contribution in [0.5, 0.6) is 0 Å². The van der Waals surface area contributed by atoms with Gasteiger partial charge in [0.05, 0.1) is 23.0 Å². The van der Waals surface area contributed by atoms with Crippen LogP contribution in [0.4, 0.5) is 0 Å². The average molecular weight is 342 g/mol. The van der Waals surface area contributed by atoms with Gasteiger partial charge in [-0.25, -0.2) is 0 Å². The van der Waals surface area contributed by atoms with E-state index in [-0.39, 0.29) is 6.04 Å². The number of aromatic nitrogens is 2. The van der Waals surface area contributed by atoms with Gasteiger partial charge in [0.1, 0.15) is 0 Å². The van der Waals surface area contributed by atoms with Crippen LogP contribution < -0.4 is 5.32 Å². The molecule has 0 bridgehead atoms. The first-order valence-corrected chi connectivity index (χ1v) is 9.56. The lowest BCUT2D eigenvalue weighted by atomic mass is 10.1. The van der Waals surface area contributed by atoms with Crippen LogP contribution in [0.25, 0.3) is 0 Å². The maximum Gasteiger partial charge on any atom is 0.0855 e. The molecule has 0 saturated carbocycles. The van der Waals surface area contributed by atoms with Crippen molar-refractivity contribution in [3.05, 3.63) is 38.3 Å². The number of nitrogens with one attached hydrogen (secondary N) is 1. The van der Waals surface area contributed by atoms with Crippen molar-refractivity contribution in [3.63, 3.8) is 0 Å². The van der Waals surface area contributed by atoms with Crippen LogP contribution in [0.1, 0.15) is 46.9 Å². The molecule has 2 aromatic rings. The molecule has 6 heteroatoms. The molecule has 0 saturated heterocycles. The fourth-order valence-corrected chi connectivity index (χ4v) is 5.49. The lowest BCUT2D eigenvalue weighted by molar-refractivity contribution is 0.486. The quantitative estimate of drug-likeness (QED) is 0.900. The topological polar surface area (TPSA) is 29.9 Å². The first-order valence-electron chi connectivity index (χ1n) is 7.21. The van der Waals surface area contributed by atoms with Crippen molar-refractivity contribution in [2.45, 2.75) is 38.1 Å². The molecule has 3 heterocycles. The van der Waals surface area contributed by atoms with E-state index in [1.165, 1.54) is 27.5 Å². The summed E-state index contributed by atoms with van der Waals surface area (Å²) in [5, 5.41) is 8.60. The molecule has 1 atom stereocenters. The molecule has 1 aliphatic heterocycles. The number of hydrogen-bond acceptors (Lipinski definition) is 4. The molecule has 0 radical (unpaired) electrons. The molecule has 1 unspecified atom stereocenters. The van der Waals surface area contributed by atoms with Crippen LogP contribution in [0.15, 0.2) is 12.3 Å². The van der Waals surface area contributed by atoms with Gasteiger partial charge >= 0.3 is 0 Å². The summed E-state index contributed by atoms with van der Waals surface area (Å²) in [7, 11) is 1.99. The second-order valence-corrected chi connectivity index (χ2v) is 8.22. The number of rotatable bonds is 4. The summed E-state index contributed by atoms with van der Waals surface area (Å²) < 4.78 is 2.02. The Balaban J connectivity index is 2.02. The van der Waals surface area contributed by atoms with Crippen LogP contribution in [0, 0.1) is 0 Å². The fraction of sp³-hybridized carbons (Fsp3) is 0.533. The molecular formula is C15H20ClN3S2. The van der Waals surface area contributed by atoms with Crippen molar-refractivity contribution < 1.29 is 0 Å². The van der Waals surface area contributed by atoms with E-state index < -0.39 is 0 Å². The summed E-state index contributed by atoms with van der Waals surface area (Å²) in [6.07, 6.45) is 2.95. The first-order chi connectivity index (χ1) is 10.1. The molecule has 0 aromatic carbocycles. The zero-order chi connectivity index (χ0) is 15.0. The number of hydrogen-bond donors (Lipinski definition) is 1. The molecule has 0 fully saturated rings. The minimum absolute atomic E-state index is 0.114. The van der Waals surface area contributed by atoms with Crippen LogP contribution in [-0.4, -0.2) is 22.6 Å². The second-order valence-electron chi connectivity index (χ2n) is 5.54. The zero-order valence-electron chi connectivity index (χ0n) is 12.5. The minimum atomic E-state index is 0.114. The van der Waals surface area contributed by atoms with E-state index in [9.17, 15) is 0 Å². The van der Waals surface area contributed by atoms with Crippen LogP contribution in [0.2, 0.25) is 5.02 Å². The summed E-state index contributed by atoms with van der Waals surface area (Å²) in [4.78, 5) is 2.88. The number of thioether (sulfide) groups is 1. The van der Waals surface area contributed by atoms with Crippen LogP contribution >= 0.6 is 34.7 Å². The van der Waals surface area contributed by atoms with E-state index in [1.54, 1.807) is 6.20 Å². The number of halogens is 1. The van der Waals surface area contributed by atoms with E-state index in [2.05, 4.69) is 30.3 Å². The summed E-state index contributed by atoms with van der Waals surface area (Å²) in [5.41, 5.74) is 2.57. The highest BCUT2D eigenvalue weighted by molar-refractivity contribution is 7.98. The Bertz CT molecular complexity index is 609. The van der Waals surface area contributed by atoms with Gasteiger partial charge in [-0.1, -0.05) is 11.6 Å². The van der Waals surface area contributed by atoms with Crippen molar-refractivity contribution in [2.75, 3.05) is 12.8 Å². The third-order valence-electron chi connectivity index (χ3n) is 3.77. The van der Waals surface area contributed by atoms with Gasteiger partial charge in [0.2, 0.25) is 0 Å². The summed E-state index contributed by atoms with van der Waals surface area (Å²) in [6.45, 7) is 4.27. The molecule has 2 aromatic heterocycles. The molecule has 0 aliphatic carbocycles. The van der Waals surface area contributed by atoms with Gasteiger partial charge in [-0.2, -0.15) is 16.9 Å². The van der Waals surface area contributed by atoms with Crippen molar-refractivity contribution in [1.29, 1.82) is 0 Å². The Morgan fingerprint density at radius 1 is 1.43 bits per heavy atom. The van der Waals surface area contributed by atoms with Gasteiger partial charge in [-0.15, -0.1) is 11.3 Å². The summed E-state index contributed by atoms with van der Waals surface area (Å²) >= 11 is 10.4. The van der Waals surface area contributed by atoms with Gasteiger partial charge in [0.15, 0.2) is 0 Å². The minimum Gasteiger partial charge on any atom is -0.307 e. The largest absolute Gasteiger partial charge is 0.307 e. The standard InChI is InChI=1S/C15H20ClN3S2/c1-9(2)19-15(11(16)7-18-19)14(17-3)13-6-10-8-20-5-4-12(10)21-13/h6-7,9,14,17H,4-5,8H2,1-3H3. The summed E-state index contributed by atoms with van der Waals surface area (Å²) in [6, 6.07) is 2.76. The maximum atomic E-state index is 6.42. The van der Waals surface area contributed by atoms with Gasteiger partial charge in [-0.3, -0.25) is 4.68 Å². The molecule has 0 amide bonds. The predicted octanol–water partition coefficient (Wildman–Crippen LogP) is 4.28. The normalized spacial score (nSPS) is 16.2. The third-order valence-corrected chi connectivity index (χ3v) is 6.37. The van der Waals surface area contributed by atoms with Crippen molar-refractivity contribution in [2.24, 2.45) is 0 Å². The Labute approximate surface area is 139 Å². The number of aryl methyl sites for hydroxylation is 1. The van der Waals surface area contributed by atoms with E-state index in [1.807, 2.05) is 34.8 Å². The van der Waals surface area contributed by atoms with Gasteiger partial charge in [-0.05, 0) is 44.7 Å². The molecular weight excluding hydrogens is 322 g/mol. The van der Waals surface area contributed by atoms with E-state index in [4.69, 9.17) is 11.6 Å². The fourth-order valence-electron chi connectivity index (χ4n) is 2.76. The molecule has 21 heavy (non-hydrogen) atoms. The van der Waals surface area contributed by atoms with Crippen molar-refractivity contribution >= 4 is 34.7 Å². The monoisotopic (exact) mass is 341 g/mol. The Hall–Kier alpha value is -0.490. The lowest BCUT2D eigenvalue weighted by Gasteiger charge is -2.19. The molecule has 0 spiro atoms. The summed E-state index contributed by atoms with van der Waals surface area (Å²) in [5.74, 6) is 2.38. The van der Waals surface area contributed by atoms with Crippen molar-refractivity contribution in [3.8, 4) is 0 Å². The molecule has 114 valence electrons. The number of thiophene rings is 1. The van der Waals surface area contributed by atoms with E-state index in [0.29, 0.717) is 6.04 Å². The SMILES string of the molecule is CNC(c1cc2c(s1)CCSC2)c1c(Cl)cnn1C(C)C. The van der Waals surface area contributed by atoms with E-state index >= 15 is 0 Å². The lowest BCUT2D eigenvalue weighted by Crippen LogP contribution is -2.22. The van der Waals surface area contributed by atoms with Crippen LogP contribution in [0.3, 0.4) is 0 Å². The number of fused-ring (bicyclic) bond motifs is 1. The van der Waals surface area contributed by atoms with Gasteiger partial charge < -0.3 is 5.32 Å². The zero-order valence-corrected chi connectivity index (χ0v) is 14.9. The molecule has 1 aliphatic rings. The third kappa shape index (κ3) is 2.89. The van der Waals surface area contributed by atoms with Gasteiger partial charge in [0, 0.05) is 21.5 Å². The molecule has 3 nitrogen and oxygen atoms in total. The first kappa shape index (κ1) is 15.4. The number of nitrogens with zero attached hydrogens (tertiary/aromatic N) is 2. The smallest absolute Gasteiger partial charge is 0.0855 e. The highest BCUT2D eigenvalue weighted by atomic mass is 35.5. The maximum absolute atomic E-state index is 6.42. The van der Waals surface area contributed by atoms with Crippen LogP contribution in [-0.2, 0) is 12.2 Å².